The van der Waals surface area contributed by atoms with Crippen LogP contribution in [0.15, 0.2) is 30.3 Å². The SMILES string of the molecule is Cl.Cl.NC1C2CCCC1CC(C(=O)NCC(=O)N1CCN(Cc3ccccc3)CC1)C2. The van der Waals surface area contributed by atoms with Gasteiger partial charge in [-0.3, -0.25) is 14.5 Å². The number of rotatable bonds is 5. The van der Waals surface area contributed by atoms with Crippen molar-refractivity contribution in [1.82, 2.24) is 15.1 Å². The minimum atomic E-state index is 0. The van der Waals surface area contributed by atoms with Gasteiger partial charge in [0.05, 0.1) is 6.54 Å². The largest absolute Gasteiger partial charge is 0.347 e. The Morgan fingerprint density at radius 2 is 1.58 bits per heavy atom. The number of amides is 2. The van der Waals surface area contributed by atoms with Crippen LogP contribution in [0.25, 0.3) is 0 Å². The van der Waals surface area contributed by atoms with Crippen LogP contribution in [-0.2, 0) is 16.1 Å². The zero-order valence-electron chi connectivity index (χ0n) is 18.1. The van der Waals surface area contributed by atoms with Gasteiger partial charge < -0.3 is 16.0 Å². The van der Waals surface area contributed by atoms with Crippen molar-refractivity contribution in [3.8, 4) is 0 Å². The van der Waals surface area contributed by atoms with E-state index in [0.29, 0.717) is 11.8 Å². The smallest absolute Gasteiger partial charge is 0.242 e. The Morgan fingerprint density at radius 1 is 0.968 bits per heavy atom. The number of carbonyl (C=O) groups is 2. The molecule has 2 atom stereocenters. The average Bonchev–Trinajstić information content (AvgIpc) is 2.73. The first-order valence-corrected chi connectivity index (χ1v) is 11.2. The van der Waals surface area contributed by atoms with Gasteiger partial charge in [0, 0.05) is 44.7 Å². The summed E-state index contributed by atoms with van der Waals surface area (Å²) in [4.78, 5) is 29.5. The van der Waals surface area contributed by atoms with Crippen LogP contribution in [0.5, 0.6) is 0 Å². The van der Waals surface area contributed by atoms with E-state index in [1.165, 1.54) is 12.0 Å². The van der Waals surface area contributed by atoms with Crippen molar-refractivity contribution in [3.05, 3.63) is 35.9 Å². The van der Waals surface area contributed by atoms with Gasteiger partial charge >= 0.3 is 0 Å². The van der Waals surface area contributed by atoms with Crippen molar-refractivity contribution in [2.24, 2.45) is 23.5 Å². The molecule has 2 saturated carbocycles. The third kappa shape index (κ3) is 6.58. The fourth-order valence-corrected chi connectivity index (χ4v) is 5.42. The Morgan fingerprint density at radius 3 is 2.19 bits per heavy atom. The van der Waals surface area contributed by atoms with Gasteiger partial charge in [0.25, 0.3) is 0 Å². The van der Waals surface area contributed by atoms with Crippen molar-refractivity contribution < 1.29 is 9.59 Å². The maximum atomic E-state index is 12.6. The van der Waals surface area contributed by atoms with E-state index in [9.17, 15) is 9.59 Å². The molecule has 1 aromatic rings. The Kier molecular flexibility index (Phi) is 10.1. The predicted octanol–water partition coefficient (Wildman–Crippen LogP) is 2.44. The normalized spacial score (nSPS) is 28.1. The highest BCUT2D eigenvalue weighted by atomic mass is 35.5. The second-order valence-electron chi connectivity index (χ2n) is 9.06. The lowest BCUT2D eigenvalue weighted by Crippen LogP contribution is -2.52. The number of hydrogen-bond donors (Lipinski definition) is 2. The van der Waals surface area contributed by atoms with Crippen LogP contribution in [0.3, 0.4) is 0 Å². The van der Waals surface area contributed by atoms with Crippen LogP contribution < -0.4 is 11.1 Å². The van der Waals surface area contributed by atoms with E-state index in [4.69, 9.17) is 5.73 Å². The summed E-state index contributed by atoms with van der Waals surface area (Å²) in [6, 6.07) is 10.7. The number of piperazine rings is 1. The standard InChI is InChI=1S/C23H34N4O2.2ClH/c24-22-18-7-4-8-19(22)14-20(13-18)23(29)25-15-21(28)27-11-9-26(10-12-27)16-17-5-2-1-3-6-17;;/h1-3,5-6,18-20,22H,4,7-16,24H2,(H,25,29);2*1H. The van der Waals surface area contributed by atoms with E-state index in [1.807, 2.05) is 11.0 Å². The summed E-state index contributed by atoms with van der Waals surface area (Å²) >= 11 is 0. The molecule has 3 N–H and O–H groups in total. The minimum Gasteiger partial charge on any atom is -0.347 e. The van der Waals surface area contributed by atoms with Gasteiger partial charge in [-0.05, 0) is 43.1 Å². The highest BCUT2D eigenvalue weighted by Gasteiger charge is 2.40. The number of halogens is 2. The molecule has 1 aliphatic heterocycles. The van der Waals surface area contributed by atoms with Crippen LogP contribution in [-0.4, -0.2) is 60.4 Å². The number of nitrogens with one attached hydrogen (secondary N) is 1. The van der Waals surface area contributed by atoms with Gasteiger partial charge in [-0.25, -0.2) is 0 Å². The molecular formula is C23H36Cl2N4O2. The van der Waals surface area contributed by atoms with Crippen LogP contribution in [0.2, 0.25) is 0 Å². The molecule has 0 radical (unpaired) electrons. The average molecular weight is 471 g/mol. The zero-order valence-corrected chi connectivity index (χ0v) is 19.7. The molecule has 31 heavy (non-hydrogen) atoms. The molecule has 174 valence electrons. The molecule has 4 rings (SSSR count). The molecule has 1 heterocycles. The molecule has 1 aromatic carbocycles. The molecule has 6 nitrogen and oxygen atoms in total. The third-order valence-corrected chi connectivity index (χ3v) is 7.17. The van der Waals surface area contributed by atoms with E-state index < -0.39 is 0 Å². The lowest BCUT2D eigenvalue weighted by Gasteiger charge is -2.43. The molecule has 3 aliphatic rings. The fourth-order valence-electron chi connectivity index (χ4n) is 5.42. The lowest BCUT2D eigenvalue weighted by atomic mass is 9.65. The first kappa shape index (κ1) is 25.9. The Balaban J connectivity index is 0.00000171. The fraction of sp³-hybridized carbons (Fsp3) is 0.652. The van der Waals surface area contributed by atoms with Gasteiger partial charge in [0.15, 0.2) is 0 Å². The van der Waals surface area contributed by atoms with Gasteiger partial charge in [0.1, 0.15) is 0 Å². The second kappa shape index (κ2) is 12.0. The van der Waals surface area contributed by atoms with Crippen LogP contribution in [0.1, 0.15) is 37.7 Å². The molecule has 3 fully saturated rings. The predicted molar refractivity (Wildman–Crippen MR) is 127 cm³/mol. The minimum absolute atomic E-state index is 0. The molecule has 0 spiro atoms. The molecule has 2 amide bonds. The topological polar surface area (TPSA) is 78.7 Å². The number of benzene rings is 1. The van der Waals surface area contributed by atoms with E-state index in [1.54, 1.807) is 0 Å². The second-order valence-corrected chi connectivity index (χ2v) is 9.06. The Labute approximate surface area is 198 Å². The van der Waals surface area contributed by atoms with Gasteiger partial charge in [-0.1, -0.05) is 36.8 Å². The van der Waals surface area contributed by atoms with Gasteiger partial charge in [0.2, 0.25) is 11.8 Å². The quantitative estimate of drug-likeness (QED) is 0.692. The van der Waals surface area contributed by atoms with Crippen LogP contribution in [0.4, 0.5) is 0 Å². The molecule has 1 saturated heterocycles. The van der Waals surface area contributed by atoms with E-state index >= 15 is 0 Å². The number of carbonyl (C=O) groups excluding carboxylic acids is 2. The Bertz CT molecular complexity index is 699. The number of fused-ring (bicyclic) bond motifs is 2. The van der Waals surface area contributed by atoms with Crippen molar-refractivity contribution in [2.45, 2.75) is 44.7 Å². The molecule has 0 aromatic heterocycles. The molecule has 2 unspecified atom stereocenters. The van der Waals surface area contributed by atoms with E-state index in [-0.39, 0.29) is 55.1 Å². The maximum Gasteiger partial charge on any atom is 0.242 e. The molecule has 8 heteroatoms. The van der Waals surface area contributed by atoms with E-state index in [2.05, 4.69) is 34.5 Å². The highest BCUT2D eigenvalue weighted by Crippen LogP contribution is 2.41. The summed E-state index contributed by atoms with van der Waals surface area (Å²) in [5.74, 6) is 1.06. The summed E-state index contributed by atoms with van der Waals surface area (Å²) < 4.78 is 0. The zero-order chi connectivity index (χ0) is 20.2. The van der Waals surface area contributed by atoms with Crippen molar-refractivity contribution in [1.29, 1.82) is 0 Å². The maximum absolute atomic E-state index is 12.6. The van der Waals surface area contributed by atoms with Gasteiger partial charge in [-0.15, -0.1) is 24.8 Å². The van der Waals surface area contributed by atoms with Crippen LogP contribution >= 0.6 is 24.8 Å². The first-order chi connectivity index (χ1) is 14.1. The molecular weight excluding hydrogens is 435 g/mol. The number of nitrogens with zero attached hydrogens (tertiary/aromatic N) is 2. The number of hydrogen-bond acceptors (Lipinski definition) is 4. The summed E-state index contributed by atoms with van der Waals surface area (Å²) in [6.07, 6.45) is 5.30. The van der Waals surface area contributed by atoms with E-state index in [0.717, 1.165) is 58.4 Å². The third-order valence-electron chi connectivity index (χ3n) is 7.17. The lowest BCUT2D eigenvalue weighted by molar-refractivity contribution is -0.136. The van der Waals surface area contributed by atoms with Crippen LogP contribution in [0, 0.1) is 17.8 Å². The Hall–Kier alpha value is -1.34. The highest BCUT2D eigenvalue weighted by molar-refractivity contribution is 5.86. The monoisotopic (exact) mass is 470 g/mol. The van der Waals surface area contributed by atoms with Crippen molar-refractivity contribution in [3.63, 3.8) is 0 Å². The molecule has 2 aliphatic carbocycles. The van der Waals surface area contributed by atoms with Crippen molar-refractivity contribution >= 4 is 36.6 Å². The summed E-state index contributed by atoms with van der Waals surface area (Å²) in [5.41, 5.74) is 7.63. The van der Waals surface area contributed by atoms with Gasteiger partial charge in [-0.2, -0.15) is 0 Å². The summed E-state index contributed by atoms with van der Waals surface area (Å²) in [7, 11) is 0. The first-order valence-electron chi connectivity index (χ1n) is 11.2. The van der Waals surface area contributed by atoms with Crippen molar-refractivity contribution in [2.75, 3.05) is 32.7 Å². The number of nitrogens with two attached hydrogens (primary N) is 1. The molecule has 2 bridgehead atoms. The summed E-state index contributed by atoms with van der Waals surface area (Å²) in [6.45, 7) is 4.24. The summed E-state index contributed by atoms with van der Waals surface area (Å²) in [5, 5.41) is 2.92.